The van der Waals surface area contributed by atoms with Crippen molar-refractivity contribution in [2.75, 3.05) is 46.2 Å². The van der Waals surface area contributed by atoms with E-state index in [1.807, 2.05) is 36.4 Å². The van der Waals surface area contributed by atoms with Gasteiger partial charge in [-0.1, -0.05) is 31.2 Å². The summed E-state index contributed by atoms with van der Waals surface area (Å²) in [5.41, 5.74) is 0. The zero-order chi connectivity index (χ0) is 17.0. The molecule has 24 heavy (non-hydrogen) atoms. The molecule has 0 aliphatic carbocycles. The van der Waals surface area contributed by atoms with Crippen LogP contribution in [0.15, 0.2) is 36.4 Å². The summed E-state index contributed by atoms with van der Waals surface area (Å²) in [5, 5.41) is 10.7. The summed E-state index contributed by atoms with van der Waals surface area (Å²) in [5.74, 6) is 1.63. The quantitative estimate of drug-likeness (QED) is 0.605. The molecule has 1 N–H and O–H groups in total. The Morgan fingerprint density at radius 2 is 1.25 bits per heavy atom. The Bertz CT molecular complexity index is 546. The van der Waals surface area contributed by atoms with E-state index in [1.54, 1.807) is 0 Å². The van der Waals surface area contributed by atoms with Crippen LogP contribution in [0.5, 0.6) is 11.5 Å². The van der Waals surface area contributed by atoms with Gasteiger partial charge in [-0.2, -0.15) is 0 Å². The maximum absolute atomic E-state index is 8.68. The largest absolute Gasteiger partial charge is 0.491 e. The molecular formula is C19H26O5. The Balaban J connectivity index is 1.97. The number of fused-ring (bicyclic) bond motifs is 1. The monoisotopic (exact) mass is 334 g/mol. The van der Waals surface area contributed by atoms with E-state index in [-0.39, 0.29) is 6.61 Å². The molecule has 0 aromatic heterocycles. The number of aliphatic hydroxyl groups excluding tert-OH is 1. The first-order valence-electron chi connectivity index (χ1n) is 8.40. The molecule has 0 heterocycles. The van der Waals surface area contributed by atoms with Gasteiger partial charge in [0.2, 0.25) is 0 Å². The van der Waals surface area contributed by atoms with Crippen LogP contribution >= 0.6 is 0 Å². The second-order valence-electron chi connectivity index (χ2n) is 5.25. The van der Waals surface area contributed by atoms with Crippen LogP contribution in [0.3, 0.4) is 0 Å². The third-order valence-electron chi connectivity index (χ3n) is 3.40. The molecule has 2 aromatic rings. The van der Waals surface area contributed by atoms with Crippen LogP contribution in [0.25, 0.3) is 10.8 Å². The van der Waals surface area contributed by atoms with Crippen molar-refractivity contribution < 1.29 is 24.1 Å². The molecule has 0 radical (unpaired) electrons. The van der Waals surface area contributed by atoms with Crippen molar-refractivity contribution in [3.63, 3.8) is 0 Å². The maximum Gasteiger partial charge on any atom is 0.127 e. The van der Waals surface area contributed by atoms with Crippen molar-refractivity contribution in [2.24, 2.45) is 0 Å². The maximum atomic E-state index is 8.68. The van der Waals surface area contributed by atoms with Gasteiger partial charge in [0, 0.05) is 17.4 Å². The highest BCUT2D eigenvalue weighted by atomic mass is 16.5. The van der Waals surface area contributed by atoms with Crippen molar-refractivity contribution in [1.82, 2.24) is 0 Å². The summed E-state index contributed by atoms with van der Waals surface area (Å²) in [4.78, 5) is 0. The van der Waals surface area contributed by atoms with Gasteiger partial charge < -0.3 is 24.1 Å². The van der Waals surface area contributed by atoms with Gasteiger partial charge >= 0.3 is 0 Å². The molecular weight excluding hydrogens is 308 g/mol. The first-order valence-corrected chi connectivity index (χ1v) is 8.40. The zero-order valence-electron chi connectivity index (χ0n) is 14.2. The van der Waals surface area contributed by atoms with Crippen molar-refractivity contribution >= 4 is 10.8 Å². The molecule has 0 atom stereocenters. The Morgan fingerprint density at radius 1 is 0.708 bits per heavy atom. The molecule has 5 heteroatoms. The molecule has 0 aliphatic heterocycles. The normalized spacial score (nSPS) is 10.9. The minimum absolute atomic E-state index is 0.0247. The molecule has 0 spiro atoms. The SMILES string of the molecule is CCCOCCOc1cccc2c(OCCOCCO)cccc12. The van der Waals surface area contributed by atoms with Crippen LogP contribution in [-0.4, -0.2) is 51.4 Å². The fourth-order valence-electron chi connectivity index (χ4n) is 2.34. The van der Waals surface area contributed by atoms with E-state index in [0.717, 1.165) is 35.3 Å². The number of hydrogen-bond acceptors (Lipinski definition) is 5. The lowest BCUT2D eigenvalue weighted by molar-refractivity contribution is 0.0708. The number of hydrogen-bond donors (Lipinski definition) is 1. The standard InChI is InChI=1S/C19H26O5/c1-2-10-21-12-14-23-18-7-3-6-17-16(18)5-4-8-19(17)24-15-13-22-11-9-20/h3-8,20H,2,9-15H2,1H3. The van der Waals surface area contributed by atoms with E-state index in [9.17, 15) is 0 Å². The van der Waals surface area contributed by atoms with Gasteiger partial charge in [0.25, 0.3) is 0 Å². The number of benzene rings is 2. The Labute approximate surface area is 143 Å². The highest BCUT2D eigenvalue weighted by Gasteiger charge is 2.07. The average Bonchev–Trinajstić information content (AvgIpc) is 2.61. The summed E-state index contributed by atoms with van der Waals surface area (Å²) in [7, 11) is 0. The predicted molar refractivity (Wildman–Crippen MR) is 94.0 cm³/mol. The van der Waals surface area contributed by atoms with Gasteiger partial charge in [0.05, 0.1) is 26.4 Å². The lowest BCUT2D eigenvalue weighted by atomic mass is 10.1. The van der Waals surface area contributed by atoms with E-state index in [0.29, 0.717) is 33.0 Å². The van der Waals surface area contributed by atoms with E-state index < -0.39 is 0 Å². The fourth-order valence-corrected chi connectivity index (χ4v) is 2.34. The van der Waals surface area contributed by atoms with Crippen LogP contribution in [0.1, 0.15) is 13.3 Å². The minimum atomic E-state index is 0.0247. The van der Waals surface area contributed by atoms with E-state index in [4.69, 9.17) is 24.1 Å². The molecule has 0 unspecified atom stereocenters. The molecule has 132 valence electrons. The third-order valence-corrected chi connectivity index (χ3v) is 3.40. The number of ether oxygens (including phenoxy) is 4. The van der Waals surface area contributed by atoms with Crippen molar-refractivity contribution in [1.29, 1.82) is 0 Å². The highest BCUT2D eigenvalue weighted by molar-refractivity contribution is 5.93. The van der Waals surface area contributed by atoms with Crippen molar-refractivity contribution in [3.8, 4) is 11.5 Å². The molecule has 0 amide bonds. The molecule has 2 rings (SSSR count). The van der Waals surface area contributed by atoms with Gasteiger partial charge in [0.15, 0.2) is 0 Å². The van der Waals surface area contributed by atoms with Gasteiger partial charge in [-0.25, -0.2) is 0 Å². The van der Waals surface area contributed by atoms with E-state index >= 15 is 0 Å². The molecule has 5 nitrogen and oxygen atoms in total. The summed E-state index contributed by atoms with van der Waals surface area (Å²) >= 11 is 0. The Hall–Kier alpha value is -1.82. The van der Waals surface area contributed by atoms with Crippen LogP contribution in [0.4, 0.5) is 0 Å². The lowest BCUT2D eigenvalue weighted by Crippen LogP contribution is -2.09. The third kappa shape index (κ3) is 5.67. The highest BCUT2D eigenvalue weighted by Crippen LogP contribution is 2.32. The van der Waals surface area contributed by atoms with E-state index in [1.165, 1.54) is 0 Å². The van der Waals surface area contributed by atoms with Crippen molar-refractivity contribution in [3.05, 3.63) is 36.4 Å². The molecule has 0 saturated heterocycles. The summed E-state index contributed by atoms with van der Waals surface area (Å²) in [6.45, 7) is 5.20. The Morgan fingerprint density at radius 3 is 1.75 bits per heavy atom. The molecule has 2 aromatic carbocycles. The number of rotatable bonds is 12. The first-order chi connectivity index (χ1) is 11.9. The summed E-state index contributed by atoms with van der Waals surface area (Å²) in [6, 6.07) is 11.8. The second kappa shape index (κ2) is 10.9. The lowest BCUT2D eigenvalue weighted by Gasteiger charge is -2.13. The van der Waals surface area contributed by atoms with E-state index in [2.05, 4.69) is 6.92 Å². The van der Waals surface area contributed by atoms with Gasteiger partial charge in [0.1, 0.15) is 24.7 Å². The van der Waals surface area contributed by atoms with Crippen LogP contribution < -0.4 is 9.47 Å². The Kier molecular flexibility index (Phi) is 8.38. The second-order valence-corrected chi connectivity index (χ2v) is 5.25. The van der Waals surface area contributed by atoms with Crippen molar-refractivity contribution in [2.45, 2.75) is 13.3 Å². The topological polar surface area (TPSA) is 57.2 Å². The predicted octanol–water partition coefficient (Wildman–Crippen LogP) is 3.03. The fraction of sp³-hybridized carbons (Fsp3) is 0.474. The number of aliphatic hydroxyl groups is 1. The smallest absolute Gasteiger partial charge is 0.127 e. The average molecular weight is 334 g/mol. The molecule has 0 saturated carbocycles. The molecule has 0 fully saturated rings. The zero-order valence-corrected chi connectivity index (χ0v) is 14.2. The van der Waals surface area contributed by atoms with Gasteiger partial charge in [-0.3, -0.25) is 0 Å². The van der Waals surface area contributed by atoms with Gasteiger partial charge in [-0.05, 0) is 18.6 Å². The van der Waals surface area contributed by atoms with Gasteiger partial charge in [-0.15, -0.1) is 0 Å². The first kappa shape index (κ1) is 18.5. The minimum Gasteiger partial charge on any atom is -0.491 e. The van der Waals surface area contributed by atoms with Crippen LogP contribution in [-0.2, 0) is 9.47 Å². The van der Waals surface area contributed by atoms with Crippen LogP contribution in [0, 0.1) is 0 Å². The molecule has 0 aliphatic rings. The molecule has 0 bridgehead atoms. The summed E-state index contributed by atoms with van der Waals surface area (Å²) in [6.07, 6.45) is 1.01. The summed E-state index contributed by atoms with van der Waals surface area (Å²) < 4.78 is 22.3. The van der Waals surface area contributed by atoms with Crippen LogP contribution in [0.2, 0.25) is 0 Å².